The lowest BCUT2D eigenvalue weighted by Crippen LogP contribution is -2.43. The molecule has 1 amide bonds. The number of aromatic nitrogens is 2. The lowest BCUT2D eigenvalue weighted by atomic mass is 9.98. The molecule has 0 aromatic carbocycles. The molecule has 0 unspecified atom stereocenters. The maximum absolute atomic E-state index is 12.5. The molecule has 6 nitrogen and oxygen atoms in total. The summed E-state index contributed by atoms with van der Waals surface area (Å²) in [6.45, 7) is 8.74. The molecule has 2 aliphatic rings. The Bertz CT molecular complexity index is 585. The first-order chi connectivity index (χ1) is 10.6. The highest BCUT2D eigenvalue weighted by Crippen LogP contribution is 2.23. The van der Waals surface area contributed by atoms with Crippen LogP contribution in [0.25, 0.3) is 0 Å². The van der Waals surface area contributed by atoms with Crippen molar-refractivity contribution in [2.24, 2.45) is 11.1 Å². The standard InChI is InChI=1S/C16H24N4O2/c1-4-20-10-13(12(3)17-20)14-9-15(22-18-14)16(21)19-7-5-11(2)6-8-19/h10-11,15H,4-9H2,1-3H3/t15-/m1/s1. The third kappa shape index (κ3) is 2.87. The van der Waals surface area contributed by atoms with Crippen LogP contribution in [-0.2, 0) is 16.2 Å². The first-order valence-electron chi connectivity index (χ1n) is 8.14. The van der Waals surface area contributed by atoms with Gasteiger partial charge in [-0.25, -0.2) is 0 Å². The molecule has 0 aliphatic carbocycles. The maximum Gasteiger partial charge on any atom is 0.266 e. The summed E-state index contributed by atoms with van der Waals surface area (Å²) in [6, 6.07) is 0. The van der Waals surface area contributed by atoms with Gasteiger partial charge in [0, 0.05) is 37.8 Å². The molecule has 0 radical (unpaired) electrons. The third-order valence-corrected chi connectivity index (χ3v) is 4.62. The average Bonchev–Trinajstić information content (AvgIpc) is 3.13. The summed E-state index contributed by atoms with van der Waals surface area (Å²) in [5.74, 6) is 0.786. The fourth-order valence-corrected chi connectivity index (χ4v) is 3.06. The fraction of sp³-hybridized carbons (Fsp3) is 0.688. The molecule has 0 spiro atoms. The molecule has 120 valence electrons. The molecule has 6 heteroatoms. The van der Waals surface area contributed by atoms with E-state index in [1.807, 2.05) is 29.6 Å². The molecule has 1 atom stereocenters. The number of aryl methyl sites for hydroxylation is 2. The Morgan fingerprint density at radius 3 is 2.77 bits per heavy atom. The number of rotatable bonds is 3. The normalized spacial score (nSPS) is 22.6. The summed E-state index contributed by atoms with van der Waals surface area (Å²) < 4.78 is 1.88. The topological polar surface area (TPSA) is 59.7 Å². The molecule has 1 saturated heterocycles. The van der Waals surface area contributed by atoms with Crippen molar-refractivity contribution in [3.63, 3.8) is 0 Å². The van der Waals surface area contributed by atoms with E-state index in [1.165, 1.54) is 0 Å². The molecule has 22 heavy (non-hydrogen) atoms. The summed E-state index contributed by atoms with van der Waals surface area (Å²) in [4.78, 5) is 19.9. The Morgan fingerprint density at radius 2 is 2.14 bits per heavy atom. The van der Waals surface area contributed by atoms with Gasteiger partial charge in [0.25, 0.3) is 5.91 Å². The van der Waals surface area contributed by atoms with Gasteiger partial charge in [0.15, 0.2) is 0 Å². The Morgan fingerprint density at radius 1 is 1.41 bits per heavy atom. The highest BCUT2D eigenvalue weighted by molar-refractivity contribution is 6.04. The number of likely N-dealkylation sites (tertiary alicyclic amines) is 1. The molecule has 0 saturated carbocycles. The lowest BCUT2D eigenvalue weighted by molar-refractivity contribution is -0.143. The summed E-state index contributed by atoms with van der Waals surface area (Å²) in [5, 5.41) is 8.57. The first kappa shape index (κ1) is 15.1. The van der Waals surface area contributed by atoms with Crippen LogP contribution in [0.1, 0.15) is 44.4 Å². The van der Waals surface area contributed by atoms with Gasteiger partial charge in [0.05, 0.1) is 11.4 Å². The molecule has 1 aromatic heterocycles. The average molecular weight is 304 g/mol. The number of carbonyl (C=O) groups excluding carboxylic acids is 1. The highest BCUT2D eigenvalue weighted by Gasteiger charge is 2.34. The molecule has 0 N–H and O–H groups in total. The van der Waals surface area contributed by atoms with Gasteiger partial charge in [-0.1, -0.05) is 12.1 Å². The predicted octanol–water partition coefficient (Wildman–Crippen LogP) is 1.96. The molecule has 1 fully saturated rings. The molecular weight excluding hydrogens is 280 g/mol. The zero-order chi connectivity index (χ0) is 15.7. The van der Waals surface area contributed by atoms with Crippen molar-refractivity contribution < 1.29 is 9.63 Å². The highest BCUT2D eigenvalue weighted by atomic mass is 16.6. The quantitative estimate of drug-likeness (QED) is 0.857. The molecular formula is C16H24N4O2. The fourth-order valence-electron chi connectivity index (χ4n) is 3.06. The van der Waals surface area contributed by atoms with Crippen LogP contribution in [0.4, 0.5) is 0 Å². The van der Waals surface area contributed by atoms with Crippen molar-refractivity contribution in [2.45, 2.75) is 52.7 Å². The molecule has 3 rings (SSSR count). The monoisotopic (exact) mass is 304 g/mol. The van der Waals surface area contributed by atoms with Gasteiger partial charge in [0.1, 0.15) is 0 Å². The van der Waals surface area contributed by atoms with Crippen molar-refractivity contribution in [3.05, 3.63) is 17.5 Å². The van der Waals surface area contributed by atoms with E-state index in [0.29, 0.717) is 12.3 Å². The molecule has 0 bridgehead atoms. The number of amides is 1. The van der Waals surface area contributed by atoms with E-state index in [2.05, 4.69) is 17.2 Å². The minimum Gasteiger partial charge on any atom is -0.382 e. The number of carbonyl (C=O) groups is 1. The molecule has 1 aromatic rings. The zero-order valence-electron chi connectivity index (χ0n) is 13.6. The second-order valence-electron chi connectivity index (χ2n) is 6.33. The van der Waals surface area contributed by atoms with Gasteiger partial charge in [-0.05, 0) is 32.6 Å². The Kier molecular flexibility index (Phi) is 4.18. The Balaban J connectivity index is 1.63. The summed E-state index contributed by atoms with van der Waals surface area (Å²) in [6.07, 6.45) is 4.21. The smallest absolute Gasteiger partial charge is 0.266 e. The van der Waals surface area contributed by atoms with E-state index in [1.54, 1.807) is 0 Å². The maximum atomic E-state index is 12.5. The van der Waals surface area contributed by atoms with Crippen molar-refractivity contribution in [3.8, 4) is 0 Å². The van der Waals surface area contributed by atoms with Gasteiger partial charge < -0.3 is 9.74 Å². The number of piperidine rings is 1. The van der Waals surface area contributed by atoms with Crippen molar-refractivity contribution in [1.29, 1.82) is 0 Å². The number of hydrogen-bond donors (Lipinski definition) is 0. The molecule has 2 aliphatic heterocycles. The van der Waals surface area contributed by atoms with E-state index in [-0.39, 0.29) is 5.91 Å². The third-order valence-electron chi connectivity index (χ3n) is 4.62. The lowest BCUT2D eigenvalue weighted by Gasteiger charge is -2.31. The predicted molar refractivity (Wildman–Crippen MR) is 83.6 cm³/mol. The largest absolute Gasteiger partial charge is 0.382 e. The SMILES string of the molecule is CCn1cc(C2=NO[C@@H](C(=O)N3CCC(C)CC3)C2)c(C)n1. The second kappa shape index (κ2) is 6.10. The number of oxime groups is 1. The van der Waals surface area contributed by atoms with Crippen molar-refractivity contribution in [2.75, 3.05) is 13.1 Å². The van der Waals surface area contributed by atoms with Gasteiger partial charge in [-0.2, -0.15) is 5.10 Å². The van der Waals surface area contributed by atoms with Crippen LogP contribution >= 0.6 is 0 Å². The van der Waals surface area contributed by atoms with E-state index in [9.17, 15) is 4.79 Å². The van der Waals surface area contributed by atoms with Crippen LogP contribution in [0.5, 0.6) is 0 Å². The van der Waals surface area contributed by atoms with Crippen molar-refractivity contribution in [1.82, 2.24) is 14.7 Å². The Hall–Kier alpha value is -1.85. The van der Waals surface area contributed by atoms with Crippen LogP contribution in [0.3, 0.4) is 0 Å². The van der Waals surface area contributed by atoms with E-state index >= 15 is 0 Å². The van der Waals surface area contributed by atoms with Crippen LogP contribution in [0.15, 0.2) is 11.4 Å². The Labute approximate surface area is 131 Å². The summed E-state index contributed by atoms with van der Waals surface area (Å²) in [5.41, 5.74) is 2.76. The summed E-state index contributed by atoms with van der Waals surface area (Å²) >= 11 is 0. The van der Waals surface area contributed by atoms with Crippen LogP contribution in [-0.4, -0.2) is 45.5 Å². The van der Waals surface area contributed by atoms with E-state index in [4.69, 9.17) is 4.84 Å². The van der Waals surface area contributed by atoms with Gasteiger partial charge >= 0.3 is 0 Å². The van der Waals surface area contributed by atoms with Gasteiger partial charge in [0.2, 0.25) is 6.10 Å². The first-order valence-corrected chi connectivity index (χ1v) is 8.14. The second-order valence-corrected chi connectivity index (χ2v) is 6.33. The van der Waals surface area contributed by atoms with E-state index < -0.39 is 6.10 Å². The summed E-state index contributed by atoms with van der Waals surface area (Å²) in [7, 11) is 0. The van der Waals surface area contributed by atoms with Gasteiger partial charge in [-0.3, -0.25) is 9.48 Å². The van der Waals surface area contributed by atoms with E-state index in [0.717, 1.165) is 49.4 Å². The van der Waals surface area contributed by atoms with Crippen LogP contribution < -0.4 is 0 Å². The number of hydrogen-bond acceptors (Lipinski definition) is 4. The molecule has 3 heterocycles. The van der Waals surface area contributed by atoms with Crippen LogP contribution in [0, 0.1) is 12.8 Å². The minimum absolute atomic E-state index is 0.0752. The minimum atomic E-state index is -0.465. The van der Waals surface area contributed by atoms with Gasteiger partial charge in [-0.15, -0.1) is 0 Å². The zero-order valence-corrected chi connectivity index (χ0v) is 13.6. The van der Waals surface area contributed by atoms with Crippen LogP contribution in [0.2, 0.25) is 0 Å². The van der Waals surface area contributed by atoms with Crippen molar-refractivity contribution >= 4 is 11.6 Å². The number of nitrogens with zero attached hydrogens (tertiary/aromatic N) is 4.